The fourth-order valence-electron chi connectivity index (χ4n) is 3.43. The van der Waals surface area contributed by atoms with Crippen LogP contribution in [0.2, 0.25) is 0 Å². The van der Waals surface area contributed by atoms with Crippen LogP contribution in [0.1, 0.15) is 53.9 Å². The fraction of sp³-hybridized carbons (Fsp3) is 0.611. The molecule has 0 aromatic heterocycles. The van der Waals surface area contributed by atoms with Crippen LogP contribution in [0.5, 0.6) is 0 Å². The van der Waals surface area contributed by atoms with Crippen LogP contribution in [0, 0.1) is 21.4 Å². The first kappa shape index (κ1) is 21.5. The number of carbonyl (C=O) groups excluding carboxylic acids is 2. The van der Waals surface area contributed by atoms with Gasteiger partial charge in [-0.25, -0.2) is 0 Å². The summed E-state index contributed by atoms with van der Waals surface area (Å²) in [6, 6.07) is 0. The summed E-state index contributed by atoms with van der Waals surface area (Å²) in [6.07, 6.45) is 0.920. The lowest BCUT2D eigenvalue weighted by Crippen LogP contribution is -2.38. The third kappa shape index (κ3) is 4.36. The second-order valence-electron chi connectivity index (χ2n) is 7.07. The van der Waals surface area contributed by atoms with Gasteiger partial charge < -0.3 is 9.94 Å². The first-order chi connectivity index (χ1) is 11.9. The summed E-state index contributed by atoms with van der Waals surface area (Å²) in [5, 5.41) is 18.9. The highest BCUT2D eigenvalue weighted by Crippen LogP contribution is 2.43. The van der Waals surface area contributed by atoms with E-state index < -0.39 is 22.4 Å². The number of allylic oxidation sites excluding steroid dienone is 4. The number of Topliss-reactive ketones (excluding diaryl/α,β-unsaturated/α-hetero) is 2. The van der Waals surface area contributed by atoms with Gasteiger partial charge in [0.2, 0.25) is 0 Å². The smallest absolute Gasteiger partial charge is 0.307 e. The van der Waals surface area contributed by atoms with Crippen LogP contribution < -0.4 is 0 Å². The van der Waals surface area contributed by atoms with Gasteiger partial charge in [-0.2, -0.15) is 0 Å². The van der Waals surface area contributed by atoms with Crippen molar-refractivity contribution >= 4 is 17.5 Å². The van der Waals surface area contributed by atoms with Crippen molar-refractivity contribution in [1.82, 2.24) is 0 Å². The van der Waals surface area contributed by atoms with Crippen LogP contribution in [-0.2, 0) is 19.2 Å². The molecule has 0 fully saturated rings. The lowest BCUT2D eigenvalue weighted by atomic mass is 9.65. The van der Waals surface area contributed by atoms with Gasteiger partial charge in [0.05, 0.1) is 12.5 Å². The van der Waals surface area contributed by atoms with E-state index in [1.807, 2.05) is 0 Å². The standard InChI is InChI=1S/C18H25NO7/c1-10-11(2)16(21)14(12(3)15(10)20)18(4,5)13(17(22)23)8-6-7-9-26-19(24)25/h13H,6-9H2,1-5H3,(H,22,23). The summed E-state index contributed by atoms with van der Waals surface area (Å²) in [6.45, 7) is 7.90. The second-order valence-corrected chi connectivity index (χ2v) is 7.07. The van der Waals surface area contributed by atoms with Crippen molar-refractivity contribution in [2.75, 3.05) is 6.61 Å². The number of aliphatic carboxylic acids is 1. The molecular weight excluding hydrogens is 342 g/mol. The number of carboxylic acid groups (broad SMARTS) is 1. The molecule has 0 aromatic rings. The number of hydrogen-bond acceptors (Lipinski definition) is 6. The highest BCUT2D eigenvalue weighted by molar-refractivity contribution is 6.25. The Morgan fingerprint density at radius 2 is 1.65 bits per heavy atom. The molecule has 1 aliphatic carbocycles. The Morgan fingerprint density at radius 3 is 2.15 bits per heavy atom. The summed E-state index contributed by atoms with van der Waals surface area (Å²) < 4.78 is 0. The van der Waals surface area contributed by atoms with E-state index in [1.54, 1.807) is 34.6 Å². The second kappa shape index (κ2) is 8.25. The summed E-state index contributed by atoms with van der Waals surface area (Å²) in [7, 11) is 0. The lowest BCUT2D eigenvalue weighted by molar-refractivity contribution is -0.757. The van der Waals surface area contributed by atoms with Gasteiger partial charge in [-0.05, 0) is 33.6 Å². The van der Waals surface area contributed by atoms with E-state index in [1.165, 1.54) is 0 Å². The van der Waals surface area contributed by atoms with E-state index >= 15 is 0 Å². The van der Waals surface area contributed by atoms with Crippen molar-refractivity contribution in [3.63, 3.8) is 0 Å². The van der Waals surface area contributed by atoms with Crippen molar-refractivity contribution in [1.29, 1.82) is 0 Å². The zero-order valence-corrected chi connectivity index (χ0v) is 15.7. The molecule has 0 aliphatic heterocycles. The zero-order chi connectivity index (χ0) is 20.2. The van der Waals surface area contributed by atoms with Crippen LogP contribution in [0.15, 0.2) is 22.3 Å². The topological polar surface area (TPSA) is 124 Å². The van der Waals surface area contributed by atoms with Crippen molar-refractivity contribution in [2.45, 2.75) is 53.9 Å². The predicted molar refractivity (Wildman–Crippen MR) is 92.8 cm³/mol. The molecule has 0 bridgehead atoms. The van der Waals surface area contributed by atoms with Gasteiger partial charge in [0.15, 0.2) is 11.6 Å². The molecule has 144 valence electrons. The van der Waals surface area contributed by atoms with E-state index in [0.717, 1.165) is 0 Å². The molecule has 26 heavy (non-hydrogen) atoms. The van der Waals surface area contributed by atoms with Gasteiger partial charge in [-0.1, -0.05) is 20.3 Å². The van der Waals surface area contributed by atoms with Crippen molar-refractivity contribution in [3.8, 4) is 0 Å². The lowest BCUT2D eigenvalue weighted by Gasteiger charge is -2.36. The Morgan fingerprint density at radius 1 is 1.12 bits per heavy atom. The summed E-state index contributed by atoms with van der Waals surface area (Å²) >= 11 is 0. The number of unbranched alkanes of at least 4 members (excludes halogenated alkanes) is 1. The van der Waals surface area contributed by atoms with Gasteiger partial charge in [0, 0.05) is 27.7 Å². The largest absolute Gasteiger partial charge is 0.481 e. The van der Waals surface area contributed by atoms with E-state index in [0.29, 0.717) is 24.0 Å². The minimum atomic E-state index is -1.07. The molecule has 8 nitrogen and oxygen atoms in total. The highest BCUT2D eigenvalue weighted by atomic mass is 16.9. The summed E-state index contributed by atoms with van der Waals surface area (Å²) in [5.74, 6) is -2.53. The van der Waals surface area contributed by atoms with Gasteiger partial charge in [0.1, 0.15) is 0 Å². The van der Waals surface area contributed by atoms with Crippen LogP contribution in [-0.4, -0.2) is 34.3 Å². The molecule has 1 rings (SSSR count). The van der Waals surface area contributed by atoms with Crippen molar-refractivity contribution in [2.24, 2.45) is 11.3 Å². The van der Waals surface area contributed by atoms with Gasteiger partial charge in [-0.3, -0.25) is 14.4 Å². The molecule has 0 saturated heterocycles. The van der Waals surface area contributed by atoms with Crippen LogP contribution >= 0.6 is 0 Å². The van der Waals surface area contributed by atoms with Crippen molar-refractivity contribution in [3.05, 3.63) is 32.4 Å². The van der Waals surface area contributed by atoms with E-state index in [-0.39, 0.29) is 35.7 Å². The number of ketones is 2. The number of hydrogen-bond donors (Lipinski definition) is 1. The molecular formula is C18H25NO7. The Balaban J connectivity index is 3.06. The average molecular weight is 367 g/mol. The minimum Gasteiger partial charge on any atom is -0.481 e. The predicted octanol–water partition coefficient (Wildman–Crippen LogP) is 2.90. The third-order valence-corrected chi connectivity index (χ3v) is 5.08. The van der Waals surface area contributed by atoms with E-state index in [4.69, 9.17) is 0 Å². The van der Waals surface area contributed by atoms with E-state index in [2.05, 4.69) is 4.84 Å². The maximum atomic E-state index is 12.8. The number of carboxylic acids is 1. The Bertz CT molecular complexity index is 700. The number of carbonyl (C=O) groups is 3. The fourth-order valence-corrected chi connectivity index (χ4v) is 3.43. The molecule has 1 unspecified atom stereocenters. The average Bonchev–Trinajstić information content (AvgIpc) is 2.53. The summed E-state index contributed by atoms with van der Waals surface area (Å²) in [4.78, 5) is 51.4. The Kier molecular flexibility index (Phi) is 6.83. The maximum Gasteiger partial charge on any atom is 0.307 e. The van der Waals surface area contributed by atoms with Crippen LogP contribution in [0.3, 0.4) is 0 Å². The minimum absolute atomic E-state index is 0.111. The molecule has 0 amide bonds. The van der Waals surface area contributed by atoms with Crippen LogP contribution in [0.4, 0.5) is 0 Å². The van der Waals surface area contributed by atoms with E-state index in [9.17, 15) is 29.6 Å². The highest BCUT2D eigenvalue weighted by Gasteiger charge is 2.44. The normalized spacial score (nSPS) is 16.8. The Hall–Kier alpha value is -2.51. The molecule has 0 spiro atoms. The van der Waals surface area contributed by atoms with Gasteiger partial charge >= 0.3 is 5.97 Å². The van der Waals surface area contributed by atoms with Gasteiger partial charge in [0.25, 0.3) is 5.09 Å². The third-order valence-electron chi connectivity index (χ3n) is 5.08. The number of rotatable bonds is 9. The molecule has 1 atom stereocenters. The molecule has 0 saturated carbocycles. The van der Waals surface area contributed by atoms with Gasteiger partial charge in [-0.15, -0.1) is 10.1 Å². The molecule has 1 N–H and O–H groups in total. The molecule has 8 heteroatoms. The molecule has 0 radical (unpaired) electrons. The first-order valence-corrected chi connectivity index (χ1v) is 8.41. The maximum absolute atomic E-state index is 12.8. The van der Waals surface area contributed by atoms with Crippen molar-refractivity contribution < 1.29 is 29.4 Å². The summed E-state index contributed by atoms with van der Waals surface area (Å²) in [5.41, 5.74) is 0.183. The quantitative estimate of drug-likeness (QED) is 0.287. The van der Waals surface area contributed by atoms with Crippen LogP contribution in [0.25, 0.3) is 0 Å². The molecule has 0 heterocycles. The number of nitrogens with zero attached hydrogens (tertiary/aromatic N) is 1. The zero-order valence-electron chi connectivity index (χ0n) is 15.7. The first-order valence-electron chi connectivity index (χ1n) is 8.41. The monoisotopic (exact) mass is 367 g/mol. The molecule has 0 aromatic carbocycles. The Labute approximate surface area is 152 Å². The SMILES string of the molecule is CC1=C(C)C(=O)C(C(C)(C)C(CCCCO[N+](=O)[O-])C(=O)O)=C(C)C1=O. The molecule has 1 aliphatic rings.